The Morgan fingerprint density at radius 1 is 0.822 bits per heavy atom. The van der Waals surface area contributed by atoms with E-state index in [1.165, 1.54) is 49.9 Å². The molecule has 3 N–H and O–H groups in total. The van der Waals surface area contributed by atoms with E-state index in [2.05, 4.69) is 30.3 Å². The summed E-state index contributed by atoms with van der Waals surface area (Å²) in [6.07, 6.45) is 16.2. The molecule has 12 rings (SSSR count). The number of amides is 2. The van der Waals surface area contributed by atoms with E-state index in [-0.39, 0.29) is 58.5 Å². The quantitative estimate of drug-likeness (QED) is 0.0863. The third-order valence-electron chi connectivity index (χ3n) is 18.3. The average Bonchev–Trinajstić information content (AvgIpc) is 4.13. The predicted octanol–water partition coefficient (Wildman–Crippen LogP) is 9.58. The second-order valence-electron chi connectivity index (χ2n) is 22.9. The normalized spacial score (nSPS) is 25.6. The molecule has 7 heterocycles. The van der Waals surface area contributed by atoms with Gasteiger partial charge in [0.05, 0.1) is 18.2 Å². The van der Waals surface area contributed by atoms with Crippen molar-refractivity contribution in [2.24, 2.45) is 10.8 Å². The molecule has 3 unspecified atom stereocenters. The largest absolute Gasteiger partial charge is 0.508 e. The first-order valence-corrected chi connectivity index (χ1v) is 27.1. The molecule has 12 nitrogen and oxygen atoms in total. The molecule has 0 radical (unpaired) electrons. The van der Waals surface area contributed by atoms with Crippen molar-refractivity contribution in [2.75, 3.05) is 57.3 Å². The monoisotopic (exact) mass is 1000 g/mol. The third-order valence-corrected chi connectivity index (χ3v) is 18.3. The molecule has 73 heavy (non-hydrogen) atoms. The van der Waals surface area contributed by atoms with Crippen LogP contribution in [0.5, 0.6) is 11.8 Å². The van der Waals surface area contributed by atoms with Crippen molar-refractivity contribution < 1.29 is 37.0 Å². The van der Waals surface area contributed by atoms with Crippen LogP contribution in [0.2, 0.25) is 0 Å². The molecule has 386 valence electrons. The van der Waals surface area contributed by atoms with Crippen LogP contribution < -0.4 is 20.3 Å². The van der Waals surface area contributed by atoms with Gasteiger partial charge in [0, 0.05) is 97.0 Å². The van der Waals surface area contributed by atoms with E-state index in [1.807, 2.05) is 6.92 Å². The molecule has 7 fully saturated rings. The van der Waals surface area contributed by atoms with Crippen molar-refractivity contribution in [3.8, 4) is 23.0 Å². The number of rotatable bonds is 11. The highest BCUT2D eigenvalue weighted by molar-refractivity contribution is 6.02. The second kappa shape index (κ2) is 19.4. The molecule has 5 saturated heterocycles. The van der Waals surface area contributed by atoms with Crippen molar-refractivity contribution in [2.45, 2.75) is 140 Å². The van der Waals surface area contributed by atoms with E-state index in [0.717, 1.165) is 96.2 Å². The van der Waals surface area contributed by atoms with Gasteiger partial charge in [-0.15, -0.1) is 0 Å². The number of imide groups is 1. The Morgan fingerprint density at radius 3 is 2.29 bits per heavy atom. The first-order chi connectivity index (χ1) is 35.3. The van der Waals surface area contributed by atoms with Crippen LogP contribution >= 0.6 is 0 Å². The molecule has 5 aliphatic heterocycles. The summed E-state index contributed by atoms with van der Waals surface area (Å²) in [6, 6.07) is 10.1. The van der Waals surface area contributed by atoms with Crippen LogP contribution in [0.15, 0.2) is 42.6 Å². The maximum atomic E-state index is 17.2. The summed E-state index contributed by atoms with van der Waals surface area (Å²) in [5, 5.41) is 18.4. The molecular weight excluding hydrogens is 937 g/mol. The number of carbonyl (C=O) groups excluding carboxylic acids is 2. The first-order valence-electron chi connectivity index (χ1n) is 27.1. The van der Waals surface area contributed by atoms with Crippen LogP contribution in [0.25, 0.3) is 32.9 Å². The summed E-state index contributed by atoms with van der Waals surface area (Å²) in [5.41, 5.74) is 2.21. The van der Waals surface area contributed by atoms with Crippen LogP contribution in [-0.4, -0.2) is 112 Å². The van der Waals surface area contributed by atoms with Gasteiger partial charge in [0.25, 0.3) is 0 Å². The number of aromatic nitrogens is 3. The molecule has 2 saturated carbocycles. The van der Waals surface area contributed by atoms with Crippen molar-refractivity contribution >= 4 is 39.2 Å². The highest BCUT2D eigenvalue weighted by atomic mass is 19.1. The number of fused-ring (bicyclic) bond motifs is 4. The lowest BCUT2D eigenvalue weighted by molar-refractivity contribution is -0.134. The number of pyridine rings is 1. The molecule has 2 amide bonds. The number of aryl methyl sites for hydroxylation is 1. The Hall–Kier alpha value is -5.45. The summed E-state index contributed by atoms with van der Waals surface area (Å²) in [4.78, 5) is 45.9. The van der Waals surface area contributed by atoms with Gasteiger partial charge in [-0.05, 0) is 161 Å². The minimum atomic E-state index is -1.01. The number of nitrogens with one attached hydrogen (secondary N) is 2. The molecule has 1 spiro atoms. The molecule has 2 aromatic heterocycles. The van der Waals surface area contributed by atoms with E-state index < -0.39 is 35.2 Å². The molecule has 2 aliphatic carbocycles. The predicted molar refractivity (Wildman–Crippen MR) is 271 cm³/mol. The van der Waals surface area contributed by atoms with Gasteiger partial charge in [-0.3, -0.25) is 24.8 Å². The first kappa shape index (κ1) is 48.5. The SMILES string of the molecule is CCc1c(F)ccc2cc(O)cc(-c3ncc4c(C5CC6CCC(C5)N6)nc(OCC5(CN6CCC7(CCC(N8CCCN(c9cc(F)c(C%10CCC(=O)NC%10=O)c(F)c9)CC8)CC7)CC6)CC5)nc4c3F)c12. The number of hydrogen-bond donors (Lipinski definition) is 3. The van der Waals surface area contributed by atoms with Gasteiger partial charge >= 0.3 is 6.01 Å². The summed E-state index contributed by atoms with van der Waals surface area (Å²) < 4.78 is 69.9. The zero-order chi connectivity index (χ0) is 50.2. The highest BCUT2D eigenvalue weighted by Crippen LogP contribution is 2.50. The number of aromatic hydroxyl groups is 1. The van der Waals surface area contributed by atoms with Crippen LogP contribution in [0.3, 0.4) is 0 Å². The average molecular weight is 1000 g/mol. The second-order valence-corrected chi connectivity index (χ2v) is 22.9. The number of hydrogen-bond acceptors (Lipinski definition) is 11. The van der Waals surface area contributed by atoms with Gasteiger partial charge in [0.2, 0.25) is 11.8 Å². The number of halogens is 4. The number of nitrogens with zero attached hydrogens (tertiary/aromatic N) is 6. The van der Waals surface area contributed by atoms with Crippen LogP contribution in [-0.2, 0) is 16.0 Å². The van der Waals surface area contributed by atoms with Crippen LogP contribution in [0.4, 0.5) is 23.2 Å². The van der Waals surface area contributed by atoms with Crippen molar-refractivity contribution in [3.63, 3.8) is 0 Å². The van der Waals surface area contributed by atoms with Gasteiger partial charge in [0.15, 0.2) is 5.82 Å². The molecule has 16 heteroatoms. The minimum Gasteiger partial charge on any atom is -0.508 e. The van der Waals surface area contributed by atoms with Gasteiger partial charge in [-0.2, -0.15) is 9.97 Å². The molecule has 3 aromatic carbocycles. The van der Waals surface area contributed by atoms with E-state index >= 15 is 17.6 Å². The fourth-order valence-electron chi connectivity index (χ4n) is 14.0. The number of piperidine rings is 3. The Labute approximate surface area is 423 Å². The lowest BCUT2D eigenvalue weighted by atomic mass is 9.66. The van der Waals surface area contributed by atoms with Crippen molar-refractivity contribution in [1.29, 1.82) is 0 Å². The van der Waals surface area contributed by atoms with Gasteiger partial charge < -0.3 is 25.0 Å². The topological polar surface area (TPSA) is 136 Å². The Bertz CT molecular complexity index is 2940. The maximum absolute atomic E-state index is 17.2. The lowest BCUT2D eigenvalue weighted by Crippen LogP contribution is -2.47. The minimum absolute atomic E-state index is 0.00478. The number of likely N-dealkylation sites (tertiary alicyclic amines) is 1. The smallest absolute Gasteiger partial charge is 0.317 e. The fourth-order valence-corrected chi connectivity index (χ4v) is 14.0. The van der Waals surface area contributed by atoms with E-state index in [9.17, 15) is 14.7 Å². The molecular formula is C57H66F4N8O4. The summed E-state index contributed by atoms with van der Waals surface area (Å²) in [5.74, 6) is -4.55. The molecule has 7 aliphatic rings. The third kappa shape index (κ3) is 9.42. The van der Waals surface area contributed by atoms with E-state index in [0.29, 0.717) is 82.6 Å². The van der Waals surface area contributed by atoms with Crippen LogP contribution in [0, 0.1) is 34.1 Å². The number of benzene rings is 3. The Balaban J connectivity index is 0.686. The van der Waals surface area contributed by atoms with Crippen molar-refractivity contribution in [3.05, 3.63) is 82.7 Å². The number of anilines is 1. The number of ether oxygens (including phenoxy) is 1. The summed E-state index contributed by atoms with van der Waals surface area (Å²) in [6.45, 7) is 8.46. The standard InChI is InChI=1S/C57H66F4N8O4/c1-2-40-44(58)8-4-33-26-39(70)29-42(48(33)40)52-50(61)53-43(30-62-52)51(34-24-35-5-6-36(25-34)63-35)65-55(66-53)73-32-57(14-15-57)31-67-20-16-56(17-21-67)12-10-37(11-13-56)68-18-3-19-69(23-22-68)38-27-45(59)49(46(60)28-38)41-7-9-47(71)64-54(41)72/h4,8,26-30,34-37,41,63,70H,2-3,5-7,9-25,31-32H2,1H3,(H,64,71,72). The number of phenolic OH excluding ortho intramolecular Hbond substituents is 1. The fraction of sp³-hybridized carbons (Fsp3) is 0.561. The number of phenols is 1. The van der Waals surface area contributed by atoms with Gasteiger partial charge in [-0.25, -0.2) is 17.6 Å². The Morgan fingerprint density at radius 2 is 1.58 bits per heavy atom. The van der Waals surface area contributed by atoms with Crippen molar-refractivity contribution in [1.82, 2.24) is 35.4 Å². The number of carbonyl (C=O) groups is 2. The summed E-state index contributed by atoms with van der Waals surface area (Å²) in [7, 11) is 0. The molecule has 3 atom stereocenters. The van der Waals surface area contributed by atoms with E-state index in [1.54, 1.807) is 18.3 Å². The lowest BCUT2D eigenvalue weighted by Gasteiger charge is -2.48. The summed E-state index contributed by atoms with van der Waals surface area (Å²) >= 11 is 0. The molecule has 5 aromatic rings. The molecule has 2 bridgehead atoms. The Kier molecular flexibility index (Phi) is 12.9. The zero-order valence-electron chi connectivity index (χ0n) is 41.8. The zero-order valence-corrected chi connectivity index (χ0v) is 41.8. The van der Waals surface area contributed by atoms with Crippen LogP contribution in [0.1, 0.15) is 132 Å². The highest BCUT2D eigenvalue weighted by Gasteiger charge is 2.47. The van der Waals surface area contributed by atoms with Gasteiger partial charge in [-0.1, -0.05) is 13.0 Å². The maximum Gasteiger partial charge on any atom is 0.317 e. The van der Waals surface area contributed by atoms with E-state index in [4.69, 9.17) is 14.7 Å². The van der Waals surface area contributed by atoms with Gasteiger partial charge in [0.1, 0.15) is 34.4 Å².